The highest BCUT2D eigenvalue weighted by Crippen LogP contribution is 2.36. The third kappa shape index (κ3) is 5.26. The minimum absolute atomic E-state index is 0.0711. The van der Waals surface area contributed by atoms with Gasteiger partial charge in [-0.1, -0.05) is 0 Å². The van der Waals surface area contributed by atoms with E-state index < -0.39 is 63.4 Å². The lowest BCUT2D eigenvalue weighted by Crippen LogP contribution is -2.44. The highest BCUT2D eigenvalue weighted by Gasteiger charge is 2.44. The highest BCUT2D eigenvalue weighted by atomic mass is 31.2. The summed E-state index contributed by atoms with van der Waals surface area (Å²) in [5, 5.41) is 54.3. The summed E-state index contributed by atoms with van der Waals surface area (Å²) in [5.41, 5.74) is -0.238. The van der Waals surface area contributed by atoms with E-state index in [-0.39, 0.29) is 22.4 Å². The summed E-state index contributed by atoms with van der Waals surface area (Å²) in [6, 6.07) is 0.0344. The minimum atomic E-state index is -5.39. The number of aliphatic carboxylic acids is 2. The molecular weight excluding hydrogens is 469 g/mol. The number of ether oxygens (including phenoxy) is 1. The number of aliphatic hydroxyl groups excluding tert-OH is 2. The zero-order valence-electron chi connectivity index (χ0n) is 16.3. The Morgan fingerprint density at radius 2 is 2.03 bits per heavy atom. The first-order valence-corrected chi connectivity index (χ1v) is 10.5. The molecule has 0 amide bonds. The molecule has 1 aliphatic heterocycles. The molecule has 33 heavy (non-hydrogen) atoms. The predicted molar refractivity (Wildman–Crippen MR) is 93.8 cm³/mol. The molecule has 2 aromatic rings. The maximum Gasteiger partial charge on any atom is 0.164 e. The number of phosphoric acid groups is 1. The van der Waals surface area contributed by atoms with E-state index >= 15 is 0 Å². The fourth-order valence-corrected chi connectivity index (χ4v) is 3.59. The van der Waals surface area contributed by atoms with Gasteiger partial charge < -0.3 is 63.5 Å². The molecule has 0 saturated carbocycles. The Morgan fingerprint density at radius 1 is 1.33 bits per heavy atom. The SMILES string of the molecule is N#Cc1cn([C@H]2O[C@H](COP(=O)([O-])[O-])[C@@H](O)[C@H]2O)c2ncnc(NC(CC(=O)[O-])C(=O)[O-])c12. The molecule has 0 bridgehead atoms. The van der Waals surface area contributed by atoms with Crippen molar-refractivity contribution in [2.45, 2.75) is 37.0 Å². The second-order valence-electron chi connectivity index (χ2n) is 6.86. The van der Waals surface area contributed by atoms with Crippen LogP contribution >= 0.6 is 7.82 Å². The molecule has 0 aliphatic carbocycles. The summed E-state index contributed by atoms with van der Waals surface area (Å²) in [5.74, 6) is -3.72. The van der Waals surface area contributed by atoms with Crippen molar-refractivity contribution >= 4 is 36.6 Å². The van der Waals surface area contributed by atoms with E-state index in [2.05, 4.69) is 19.8 Å². The quantitative estimate of drug-likeness (QED) is 0.281. The third-order valence-electron chi connectivity index (χ3n) is 4.70. The first-order valence-electron chi connectivity index (χ1n) is 9.04. The third-order valence-corrected chi connectivity index (χ3v) is 5.17. The molecular formula is C16H14N5O11P-4. The molecule has 1 unspecified atom stereocenters. The largest absolute Gasteiger partial charge is 0.790 e. The van der Waals surface area contributed by atoms with Crippen LogP contribution in [0, 0.1) is 11.3 Å². The zero-order valence-corrected chi connectivity index (χ0v) is 17.2. The van der Waals surface area contributed by atoms with E-state index in [1.54, 1.807) is 6.07 Å². The summed E-state index contributed by atoms with van der Waals surface area (Å²) >= 11 is 0. The molecule has 178 valence electrons. The fourth-order valence-electron chi connectivity index (χ4n) is 3.26. The summed E-state index contributed by atoms with van der Waals surface area (Å²) in [4.78, 5) is 51.2. The van der Waals surface area contributed by atoms with Gasteiger partial charge in [0.1, 0.15) is 42.2 Å². The van der Waals surface area contributed by atoms with Gasteiger partial charge in [-0.05, 0) is 0 Å². The molecule has 17 heteroatoms. The Balaban J connectivity index is 1.98. The number of carboxylic acids is 2. The molecule has 0 aromatic carbocycles. The smallest absolute Gasteiger partial charge is 0.164 e. The fraction of sp³-hybridized carbons (Fsp3) is 0.438. The first-order chi connectivity index (χ1) is 15.4. The van der Waals surface area contributed by atoms with Crippen molar-refractivity contribution in [1.82, 2.24) is 14.5 Å². The Bertz CT molecular complexity index is 1160. The summed E-state index contributed by atoms with van der Waals surface area (Å²) < 4.78 is 21.3. The lowest BCUT2D eigenvalue weighted by Gasteiger charge is -2.30. The van der Waals surface area contributed by atoms with Gasteiger partial charge in [0.25, 0.3) is 0 Å². The number of anilines is 1. The number of carbonyl (C=O) groups excluding carboxylic acids is 2. The van der Waals surface area contributed by atoms with Crippen molar-refractivity contribution in [2.24, 2.45) is 0 Å². The second kappa shape index (κ2) is 9.37. The lowest BCUT2D eigenvalue weighted by atomic mass is 10.1. The van der Waals surface area contributed by atoms with E-state index in [1.807, 2.05) is 0 Å². The number of aromatic nitrogens is 3. The number of nitriles is 1. The Hall–Kier alpha value is -3.16. The van der Waals surface area contributed by atoms with Crippen molar-refractivity contribution in [3.8, 4) is 6.07 Å². The monoisotopic (exact) mass is 483 g/mol. The molecule has 16 nitrogen and oxygen atoms in total. The second-order valence-corrected chi connectivity index (χ2v) is 8.02. The maximum absolute atomic E-state index is 11.3. The molecule has 0 radical (unpaired) electrons. The number of hydrogen-bond acceptors (Lipinski definition) is 15. The number of phosphoric ester groups is 1. The Morgan fingerprint density at radius 3 is 2.61 bits per heavy atom. The zero-order chi connectivity index (χ0) is 24.5. The Labute approximate surface area is 183 Å². The van der Waals surface area contributed by atoms with Gasteiger partial charge in [0.05, 0.1) is 37.4 Å². The van der Waals surface area contributed by atoms with Crippen LogP contribution in [0.4, 0.5) is 5.82 Å². The van der Waals surface area contributed by atoms with Crippen LogP contribution in [-0.4, -0.2) is 67.6 Å². The molecule has 0 spiro atoms. The van der Waals surface area contributed by atoms with Gasteiger partial charge in [-0.2, -0.15) is 5.26 Å². The molecule has 1 fully saturated rings. The van der Waals surface area contributed by atoms with Gasteiger partial charge in [-0.25, -0.2) is 9.97 Å². The van der Waals surface area contributed by atoms with E-state index in [1.165, 1.54) is 0 Å². The molecule has 5 atom stereocenters. The predicted octanol–water partition coefficient (Wildman–Crippen LogP) is -5.56. The minimum Gasteiger partial charge on any atom is -0.790 e. The van der Waals surface area contributed by atoms with Crippen LogP contribution in [0.25, 0.3) is 11.0 Å². The van der Waals surface area contributed by atoms with Crippen molar-refractivity contribution in [2.75, 3.05) is 11.9 Å². The van der Waals surface area contributed by atoms with Crippen LogP contribution in [0.3, 0.4) is 0 Å². The number of nitrogens with zero attached hydrogens (tertiary/aromatic N) is 4. The normalized spacial score (nSPS) is 23.8. The molecule has 3 rings (SSSR count). The number of rotatable bonds is 9. The molecule has 3 heterocycles. The summed E-state index contributed by atoms with van der Waals surface area (Å²) in [6.07, 6.45) is -5.14. The highest BCUT2D eigenvalue weighted by molar-refractivity contribution is 7.43. The van der Waals surface area contributed by atoms with E-state index in [0.717, 1.165) is 17.1 Å². The van der Waals surface area contributed by atoms with Crippen LogP contribution in [0.15, 0.2) is 12.5 Å². The van der Waals surface area contributed by atoms with Crippen molar-refractivity contribution in [3.05, 3.63) is 18.1 Å². The van der Waals surface area contributed by atoms with Gasteiger partial charge in [-0.15, -0.1) is 0 Å². The van der Waals surface area contributed by atoms with Gasteiger partial charge in [-0.3, -0.25) is 0 Å². The van der Waals surface area contributed by atoms with Crippen LogP contribution in [0.5, 0.6) is 0 Å². The molecule has 1 saturated heterocycles. The van der Waals surface area contributed by atoms with Gasteiger partial charge in [0.15, 0.2) is 6.23 Å². The van der Waals surface area contributed by atoms with Crippen molar-refractivity contribution in [3.63, 3.8) is 0 Å². The van der Waals surface area contributed by atoms with Gasteiger partial charge in [0, 0.05) is 18.6 Å². The van der Waals surface area contributed by atoms with E-state index in [0.29, 0.717) is 0 Å². The first kappa shape index (κ1) is 24.5. The number of carboxylic acid groups (broad SMARTS) is 2. The van der Waals surface area contributed by atoms with Crippen molar-refractivity contribution in [1.29, 1.82) is 5.26 Å². The van der Waals surface area contributed by atoms with Crippen LogP contribution in [-0.2, 0) is 23.4 Å². The Kier molecular flexibility index (Phi) is 6.95. The average Bonchev–Trinajstić information content (AvgIpc) is 3.23. The number of aliphatic hydroxyl groups is 2. The van der Waals surface area contributed by atoms with E-state index in [9.17, 15) is 49.6 Å². The average molecular weight is 483 g/mol. The maximum atomic E-state index is 11.3. The van der Waals surface area contributed by atoms with Crippen LogP contribution in [0.2, 0.25) is 0 Å². The summed E-state index contributed by atoms with van der Waals surface area (Å²) in [7, 11) is -5.39. The number of fused-ring (bicyclic) bond motifs is 1. The molecule has 3 N–H and O–H groups in total. The van der Waals surface area contributed by atoms with Crippen LogP contribution < -0.4 is 25.3 Å². The molecule has 1 aliphatic rings. The number of nitrogens with one attached hydrogen (secondary N) is 1. The number of hydrogen-bond donors (Lipinski definition) is 3. The molecule has 2 aromatic heterocycles. The standard InChI is InChI=1S/C16H18N5O11P/c17-2-6-3-21(15-12(25)11(24)8(32-15)4-31-33(28,29)30)14-10(6)13(18-5-19-14)20-7(16(26)27)1-9(22)23/h3,5,7-8,11-12,15,24-25H,1,4H2,(H,22,23)(H,26,27)(H,18,19,20)(H2,28,29,30)/p-4/t7?,8-,11-,12-,15+/m1/s1. The lowest BCUT2D eigenvalue weighted by molar-refractivity contribution is -0.343. The van der Waals surface area contributed by atoms with Crippen LogP contribution in [0.1, 0.15) is 18.2 Å². The number of carbonyl (C=O) groups is 2. The van der Waals surface area contributed by atoms with E-state index in [4.69, 9.17) is 4.74 Å². The van der Waals surface area contributed by atoms with Gasteiger partial charge >= 0.3 is 0 Å². The summed E-state index contributed by atoms with van der Waals surface area (Å²) in [6.45, 7) is -0.887. The van der Waals surface area contributed by atoms with Crippen molar-refractivity contribution < 1.29 is 53.6 Å². The van der Waals surface area contributed by atoms with Gasteiger partial charge in [0.2, 0.25) is 0 Å². The topological polar surface area (TPSA) is 269 Å².